The molecule has 30 heavy (non-hydrogen) atoms. The van der Waals surface area contributed by atoms with E-state index in [1.165, 1.54) is 6.92 Å². The monoisotopic (exact) mass is 420 g/mol. The highest BCUT2D eigenvalue weighted by atomic mass is 16.7. The molecule has 6 unspecified atom stereocenters. The van der Waals surface area contributed by atoms with Crippen LogP contribution in [0.5, 0.6) is 0 Å². The van der Waals surface area contributed by atoms with Crippen LogP contribution in [0.2, 0.25) is 0 Å². The summed E-state index contributed by atoms with van der Waals surface area (Å²) in [5.41, 5.74) is -0.450. The molecule has 0 amide bonds. The van der Waals surface area contributed by atoms with Crippen LogP contribution in [-0.4, -0.2) is 41.9 Å². The molecule has 0 N–H and O–H groups in total. The van der Waals surface area contributed by atoms with Gasteiger partial charge in [0, 0.05) is 17.4 Å². The van der Waals surface area contributed by atoms with Crippen LogP contribution in [0, 0.1) is 29.6 Å². The molecule has 0 aromatic carbocycles. The van der Waals surface area contributed by atoms with E-state index in [-0.39, 0.29) is 17.4 Å². The molecular formula is C22H28O8. The molecule has 8 heteroatoms. The summed E-state index contributed by atoms with van der Waals surface area (Å²) in [6.07, 6.45) is 1.53. The third-order valence-electron chi connectivity index (χ3n) is 7.38. The molecule has 0 radical (unpaired) electrons. The van der Waals surface area contributed by atoms with E-state index >= 15 is 0 Å². The molecule has 2 bridgehead atoms. The highest BCUT2D eigenvalue weighted by Crippen LogP contribution is 2.59. The fraction of sp³-hybridized carbons (Fsp3) is 0.727. The number of rotatable bonds is 5. The predicted molar refractivity (Wildman–Crippen MR) is 102 cm³/mol. The second kappa shape index (κ2) is 7.39. The third kappa shape index (κ3) is 3.20. The van der Waals surface area contributed by atoms with Gasteiger partial charge in [0.25, 0.3) is 0 Å². The van der Waals surface area contributed by atoms with Crippen LogP contribution in [0.4, 0.5) is 4.79 Å². The van der Waals surface area contributed by atoms with Crippen molar-refractivity contribution in [1.82, 2.24) is 0 Å². The third-order valence-corrected chi connectivity index (χ3v) is 7.38. The molecular weight excluding hydrogens is 392 g/mol. The molecule has 4 rings (SSSR count). The van der Waals surface area contributed by atoms with Gasteiger partial charge in [-0.25, -0.2) is 9.59 Å². The number of hydrogen-bond acceptors (Lipinski definition) is 8. The maximum absolute atomic E-state index is 13.3. The SMILES string of the molecule is C=C(C)C(=O)OC(=O)OC1C2CC3C1OC(=O)C3C2C(=O)OC1(C(C)C)CCCC1. The first kappa shape index (κ1) is 20.9. The molecule has 164 valence electrons. The molecule has 1 aliphatic heterocycles. The van der Waals surface area contributed by atoms with Crippen molar-refractivity contribution in [3.05, 3.63) is 12.2 Å². The van der Waals surface area contributed by atoms with Crippen LogP contribution >= 0.6 is 0 Å². The predicted octanol–water partition coefficient (Wildman–Crippen LogP) is 2.93. The minimum atomic E-state index is -1.18. The van der Waals surface area contributed by atoms with Gasteiger partial charge in [-0.1, -0.05) is 20.4 Å². The fourth-order valence-electron chi connectivity index (χ4n) is 5.81. The van der Waals surface area contributed by atoms with E-state index in [9.17, 15) is 19.2 Å². The van der Waals surface area contributed by atoms with Gasteiger partial charge in [-0.3, -0.25) is 9.59 Å². The average molecular weight is 420 g/mol. The second-order valence-corrected chi connectivity index (χ2v) is 9.37. The second-order valence-electron chi connectivity index (χ2n) is 9.37. The lowest BCUT2D eigenvalue weighted by molar-refractivity contribution is -0.176. The first-order chi connectivity index (χ1) is 14.1. The summed E-state index contributed by atoms with van der Waals surface area (Å²) in [5, 5.41) is 0. The quantitative estimate of drug-likeness (QED) is 0.289. The highest BCUT2D eigenvalue weighted by Gasteiger charge is 2.70. The maximum Gasteiger partial charge on any atom is 0.516 e. The van der Waals surface area contributed by atoms with Crippen LogP contribution in [0.1, 0.15) is 52.9 Å². The highest BCUT2D eigenvalue weighted by molar-refractivity contribution is 5.93. The molecule has 0 aromatic rings. The Bertz CT molecular complexity index is 793. The lowest BCUT2D eigenvalue weighted by Gasteiger charge is -2.36. The molecule has 4 fully saturated rings. The van der Waals surface area contributed by atoms with Crippen molar-refractivity contribution in [2.45, 2.75) is 70.7 Å². The van der Waals surface area contributed by atoms with Gasteiger partial charge < -0.3 is 18.9 Å². The van der Waals surface area contributed by atoms with Gasteiger partial charge in [0.1, 0.15) is 17.8 Å². The van der Waals surface area contributed by atoms with Gasteiger partial charge >= 0.3 is 24.1 Å². The first-order valence-electron chi connectivity index (χ1n) is 10.7. The van der Waals surface area contributed by atoms with Crippen molar-refractivity contribution in [3.8, 4) is 0 Å². The molecule has 8 nitrogen and oxygen atoms in total. The molecule has 3 saturated carbocycles. The zero-order valence-corrected chi connectivity index (χ0v) is 17.6. The zero-order valence-electron chi connectivity index (χ0n) is 17.6. The Morgan fingerprint density at radius 2 is 1.83 bits per heavy atom. The summed E-state index contributed by atoms with van der Waals surface area (Å²) in [7, 11) is 0. The van der Waals surface area contributed by atoms with E-state index in [1.54, 1.807) is 0 Å². The van der Waals surface area contributed by atoms with Crippen LogP contribution in [0.15, 0.2) is 12.2 Å². The lowest BCUT2D eigenvalue weighted by Crippen LogP contribution is -2.47. The largest absolute Gasteiger partial charge is 0.516 e. The van der Waals surface area contributed by atoms with Gasteiger partial charge in [0.15, 0.2) is 0 Å². The average Bonchev–Trinajstić information content (AvgIpc) is 3.39. The Morgan fingerprint density at radius 1 is 1.17 bits per heavy atom. The number of carbonyl (C=O) groups excluding carboxylic acids is 4. The van der Waals surface area contributed by atoms with Crippen LogP contribution in [-0.2, 0) is 33.3 Å². The molecule has 4 aliphatic rings. The van der Waals surface area contributed by atoms with E-state index in [1.807, 2.05) is 13.8 Å². The molecule has 6 atom stereocenters. The molecule has 0 spiro atoms. The molecule has 1 heterocycles. The van der Waals surface area contributed by atoms with Crippen molar-refractivity contribution >= 4 is 24.1 Å². The normalized spacial score (nSPS) is 35.3. The lowest BCUT2D eigenvalue weighted by atomic mass is 9.78. The van der Waals surface area contributed by atoms with E-state index in [4.69, 9.17) is 14.2 Å². The van der Waals surface area contributed by atoms with Crippen LogP contribution in [0.25, 0.3) is 0 Å². The fourth-order valence-corrected chi connectivity index (χ4v) is 5.81. The van der Waals surface area contributed by atoms with Crippen molar-refractivity contribution in [2.24, 2.45) is 29.6 Å². The van der Waals surface area contributed by atoms with E-state index in [0.717, 1.165) is 25.7 Å². The number of esters is 3. The number of ether oxygens (including phenoxy) is 4. The summed E-state index contributed by atoms with van der Waals surface area (Å²) in [6.45, 7) is 8.91. The molecule has 1 saturated heterocycles. The topological polar surface area (TPSA) is 105 Å². The van der Waals surface area contributed by atoms with Crippen molar-refractivity contribution in [2.75, 3.05) is 0 Å². The van der Waals surface area contributed by atoms with Gasteiger partial charge in [0.05, 0.1) is 11.8 Å². The Hall–Kier alpha value is -2.38. The van der Waals surface area contributed by atoms with Gasteiger partial charge in [-0.15, -0.1) is 0 Å². The number of carbonyl (C=O) groups is 4. The Balaban J connectivity index is 1.51. The maximum atomic E-state index is 13.3. The van der Waals surface area contributed by atoms with Crippen LogP contribution < -0.4 is 0 Å². The van der Waals surface area contributed by atoms with E-state index in [0.29, 0.717) is 6.42 Å². The summed E-state index contributed by atoms with van der Waals surface area (Å²) in [5.74, 6) is -3.47. The van der Waals surface area contributed by atoms with Crippen molar-refractivity contribution in [1.29, 1.82) is 0 Å². The molecule has 0 aromatic heterocycles. The summed E-state index contributed by atoms with van der Waals surface area (Å²) >= 11 is 0. The molecule has 3 aliphatic carbocycles. The standard InChI is InChI=1S/C22H28O8/c1-10(2)18(23)29-21(26)28-17-13-9-12-14(19(24)27-16(12)17)15(13)20(25)30-22(11(3)4)7-5-6-8-22/h11-17H,1,5-9H2,2-4H3. The number of hydrogen-bond donors (Lipinski definition) is 0. The smallest absolute Gasteiger partial charge is 0.459 e. The van der Waals surface area contributed by atoms with E-state index in [2.05, 4.69) is 11.3 Å². The van der Waals surface area contributed by atoms with E-state index < -0.39 is 59.6 Å². The van der Waals surface area contributed by atoms with Gasteiger partial charge in [0.2, 0.25) is 0 Å². The minimum absolute atomic E-state index is 0.0595. The zero-order chi connectivity index (χ0) is 21.8. The Morgan fingerprint density at radius 3 is 2.43 bits per heavy atom. The van der Waals surface area contributed by atoms with Gasteiger partial charge in [-0.05, 0) is 44.9 Å². The summed E-state index contributed by atoms with van der Waals surface area (Å²) in [4.78, 5) is 49.4. The first-order valence-corrected chi connectivity index (χ1v) is 10.7. The van der Waals surface area contributed by atoms with Crippen LogP contribution in [0.3, 0.4) is 0 Å². The Kier molecular flexibility index (Phi) is 5.14. The minimum Gasteiger partial charge on any atom is -0.459 e. The van der Waals surface area contributed by atoms with Gasteiger partial charge in [-0.2, -0.15) is 0 Å². The Labute approximate surface area is 175 Å². The number of fused-ring (bicyclic) bond motifs is 1. The van der Waals surface area contributed by atoms with Crippen molar-refractivity contribution in [3.63, 3.8) is 0 Å². The summed E-state index contributed by atoms with van der Waals surface area (Å²) in [6, 6.07) is 0. The van der Waals surface area contributed by atoms with Crippen molar-refractivity contribution < 1.29 is 38.1 Å². The summed E-state index contributed by atoms with van der Waals surface area (Å²) < 4.78 is 21.5.